The third-order valence-corrected chi connectivity index (χ3v) is 3.77. The van der Waals surface area contributed by atoms with Crippen LogP contribution in [0.2, 0.25) is 5.02 Å². The minimum atomic E-state index is -0.227. The van der Waals surface area contributed by atoms with Crippen LogP contribution in [-0.4, -0.2) is 36.3 Å². The lowest BCUT2D eigenvalue weighted by atomic mass is 10.0. The van der Waals surface area contributed by atoms with Crippen LogP contribution in [0.3, 0.4) is 0 Å². The first-order chi connectivity index (χ1) is 9.45. The molecule has 4 nitrogen and oxygen atoms in total. The molecule has 2 amide bonds. The summed E-state index contributed by atoms with van der Waals surface area (Å²) >= 11 is 5.94. The van der Waals surface area contributed by atoms with Crippen LogP contribution in [0, 0.1) is 5.92 Å². The summed E-state index contributed by atoms with van der Waals surface area (Å²) < 4.78 is 0. The van der Waals surface area contributed by atoms with Crippen molar-refractivity contribution >= 4 is 23.4 Å². The minimum Gasteiger partial charge on any atom is -0.353 e. The van der Waals surface area contributed by atoms with Gasteiger partial charge in [0.05, 0.1) is 5.92 Å². The molecule has 1 N–H and O–H groups in total. The number of nitrogens with one attached hydrogen (secondary N) is 1. The highest BCUT2D eigenvalue weighted by atomic mass is 35.5. The fraction of sp³-hybridized carbons (Fsp3) is 0.467. The van der Waals surface area contributed by atoms with Crippen LogP contribution in [0.4, 0.5) is 0 Å². The van der Waals surface area contributed by atoms with E-state index in [9.17, 15) is 9.59 Å². The molecule has 1 aromatic rings. The van der Waals surface area contributed by atoms with Gasteiger partial charge in [-0.2, -0.15) is 0 Å². The second-order valence-corrected chi connectivity index (χ2v) is 5.86. The van der Waals surface area contributed by atoms with Crippen LogP contribution in [0.5, 0.6) is 0 Å². The Morgan fingerprint density at radius 2 is 2.30 bits per heavy atom. The fourth-order valence-corrected chi connectivity index (χ4v) is 2.68. The van der Waals surface area contributed by atoms with Crippen LogP contribution >= 0.6 is 11.6 Å². The van der Waals surface area contributed by atoms with Crippen LogP contribution in [0.15, 0.2) is 24.3 Å². The molecular formula is C15H19ClN2O2. The largest absolute Gasteiger partial charge is 0.353 e. The number of rotatable bonds is 4. The highest BCUT2D eigenvalue weighted by Crippen LogP contribution is 2.17. The van der Waals surface area contributed by atoms with E-state index >= 15 is 0 Å². The van der Waals surface area contributed by atoms with E-state index in [0.717, 1.165) is 12.0 Å². The molecule has 108 valence electrons. The number of benzene rings is 1. The predicted molar refractivity (Wildman–Crippen MR) is 78.5 cm³/mol. The molecule has 1 aliphatic heterocycles. The number of hydrogen-bond acceptors (Lipinski definition) is 2. The van der Waals surface area contributed by atoms with Crippen molar-refractivity contribution in [2.24, 2.45) is 5.92 Å². The Hall–Kier alpha value is -1.55. The standard InChI is InChI=1S/C15H19ClN2O2/c1-10(6-11-4-3-5-13(16)7-11)17-15(20)12-8-14(19)18(2)9-12/h3-5,7,10,12H,6,8-9H2,1-2H3,(H,17,20)/t10-,12+/m0/s1. The number of likely N-dealkylation sites (tertiary alicyclic amines) is 1. The summed E-state index contributed by atoms with van der Waals surface area (Å²) in [6.07, 6.45) is 1.04. The molecule has 1 aliphatic rings. The van der Waals surface area contributed by atoms with Gasteiger partial charge in [-0.05, 0) is 31.0 Å². The topological polar surface area (TPSA) is 49.4 Å². The molecule has 0 saturated carbocycles. The quantitative estimate of drug-likeness (QED) is 0.921. The lowest BCUT2D eigenvalue weighted by Crippen LogP contribution is -2.39. The van der Waals surface area contributed by atoms with Crippen LogP contribution in [0.1, 0.15) is 18.9 Å². The molecule has 0 spiro atoms. The van der Waals surface area contributed by atoms with Crippen molar-refractivity contribution in [2.75, 3.05) is 13.6 Å². The van der Waals surface area contributed by atoms with Gasteiger partial charge in [-0.1, -0.05) is 23.7 Å². The van der Waals surface area contributed by atoms with E-state index in [1.807, 2.05) is 31.2 Å². The minimum absolute atomic E-state index is 0.0157. The van der Waals surface area contributed by atoms with E-state index in [-0.39, 0.29) is 23.8 Å². The number of halogens is 1. The predicted octanol–water partition coefficient (Wildman–Crippen LogP) is 1.87. The Balaban J connectivity index is 1.87. The Labute approximate surface area is 124 Å². The summed E-state index contributed by atoms with van der Waals surface area (Å²) in [5, 5.41) is 3.67. The second kappa shape index (κ2) is 6.27. The van der Waals surface area contributed by atoms with Gasteiger partial charge >= 0.3 is 0 Å². The highest BCUT2D eigenvalue weighted by molar-refractivity contribution is 6.30. The van der Waals surface area contributed by atoms with Crippen molar-refractivity contribution in [3.63, 3.8) is 0 Å². The van der Waals surface area contributed by atoms with E-state index in [2.05, 4.69) is 5.32 Å². The first kappa shape index (κ1) is 14.9. The molecule has 0 unspecified atom stereocenters. The van der Waals surface area contributed by atoms with Gasteiger partial charge < -0.3 is 10.2 Å². The maximum atomic E-state index is 12.1. The third-order valence-electron chi connectivity index (χ3n) is 3.53. The molecule has 0 radical (unpaired) electrons. The summed E-state index contributed by atoms with van der Waals surface area (Å²) in [6.45, 7) is 2.47. The fourth-order valence-electron chi connectivity index (χ4n) is 2.47. The Kier molecular flexibility index (Phi) is 4.65. The number of amides is 2. The van der Waals surface area contributed by atoms with Crippen molar-refractivity contribution < 1.29 is 9.59 Å². The average molecular weight is 295 g/mol. The van der Waals surface area contributed by atoms with Gasteiger partial charge in [0.2, 0.25) is 11.8 Å². The van der Waals surface area contributed by atoms with Crippen LogP contribution < -0.4 is 5.32 Å². The average Bonchev–Trinajstić information content (AvgIpc) is 2.69. The van der Waals surface area contributed by atoms with Crippen LogP contribution in [-0.2, 0) is 16.0 Å². The molecule has 5 heteroatoms. The van der Waals surface area contributed by atoms with Crippen molar-refractivity contribution in [1.82, 2.24) is 10.2 Å². The van der Waals surface area contributed by atoms with Gasteiger partial charge in [-0.15, -0.1) is 0 Å². The highest BCUT2D eigenvalue weighted by Gasteiger charge is 2.32. The molecular weight excluding hydrogens is 276 g/mol. The lowest BCUT2D eigenvalue weighted by Gasteiger charge is -2.17. The summed E-state index contributed by atoms with van der Waals surface area (Å²) in [6, 6.07) is 7.63. The lowest BCUT2D eigenvalue weighted by molar-refractivity contribution is -0.128. The summed E-state index contributed by atoms with van der Waals surface area (Å²) in [5.41, 5.74) is 1.09. The van der Waals surface area contributed by atoms with Gasteiger partial charge in [0.1, 0.15) is 0 Å². The van der Waals surface area contributed by atoms with Crippen molar-refractivity contribution in [3.05, 3.63) is 34.9 Å². The number of nitrogens with zero attached hydrogens (tertiary/aromatic N) is 1. The van der Waals surface area contributed by atoms with E-state index < -0.39 is 0 Å². The van der Waals surface area contributed by atoms with E-state index in [4.69, 9.17) is 11.6 Å². The molecule has 20 heavy (non-hydrogen) atoms. The zero-order valence-electron chi connectivity index (χ0n) is 11.7. The maximum absolute atomic E-state index is 12.1. The Morgan fingerprint density at radius 3 is 2.90 bits per heavy atom. The molecule has 1 heterocycles. The van der Waals surface area contributed by atoms with E-state index in [1.54, 1.807) is 11.9 Å². The smallest absolute Gasteiger partial charge is 0.225 e. The Morgan fingerprint density at radius 1 is 1.55 bits per heavy atom. The molecule has 0 aromatic heterocycles. The van der Waals surface area contributed by atoms with Gasteiger partial charge in [-0.3, -0.25) is 9.59 Å². The first-order valence-corrected chi connectivity index (χ1v) is 7.12. The monoisotopic (exact) mass is 294 g/mol. The molecule has 1 saturated heterocycles. The molecule has 1 fully saturated rings. The Bertz CT molecular complexity index is 518. The number of carbonyl (C=O) groups is 2. The number of hydrogen-bond donors (Lipinski definition) is 1. The summed E-state index contributed by atoms with van der Waals surface area (Å²) in [5.74, 6) is -0.237. The van der Waals surface area contributed by atoms with E-state index in [1.165, 1.54) is 0 Å². The van der Waals surface area contributed by atoms with Gasteiger partial charge in [0.25, 0.3) is 0 Å². The van der Waals surface area contributed by atoms with Crippen molar-refractivity contribution in [1.29, 1.82) is 0 Å². The number of carbonyl (C=O) groups excluding carboxylic acids is 2. The third kappa shape index (κ3) is 3.73. The first-order valence-electron chi connectivity index (χ1n) is 6.74. The molecule has 2 rings (SSSR count). The molecule has 2 atom stereocenters. The molecule has 1 aromatic carbocycles. The SMILES string of the molecule is C[C@@H](Cc1cccc(Cl)c1)NC(=O)[C@@H]1CC(=O)N(C)C1. The van der Waals surface area contributed by atoms with E-state index in [0.29, 0.717) is 18.0 Å². The van der Waals surface area contributed by atoms with Gasteiger partial charge in [0, 0.05) is 31.1 Å². The van der Waals surface area contributed by atoms with Crippen molar-refractivity contribution in [2.45, 2.75) is 25.8 Å². The molecule has 0 aliphatic carbocycles. The zero-order chi connectivity index (χ0) is 14.7. The van der Waals surface area contributed by atoms with Crippen molar-refractivity contribution in [3.8, 4) is 0 Å². The normalized spacial score (nSPS) is 20.1. The van der Waals surface area contributed by atoms with Gasteiger partial charge in [0.15, 0.2) is 0 Å². The molecule has 0 bridgehead atoms. The van der Waals surface area contributed by atoms with Crippen LogP contribution in [0.25, 0.3) is 0 Å². The summed E-state index contributed by atoms with van der Waals surface area (Å²) in [7, 11) is 1.73. The maximum Gasteiger partial charge on any atom is 0.225 e. The summed E-state index contributed by atoms with van der Waals surface area (Å²) in [4.78, 5) is 25.1. The second-order valence-electron chi connectivity index (χ2n) is 5.42. The van der Waals surface area contributed by atoms with Gasteiger partial charge in [-0.25, -0.2) is 0 Å². The zero-order valence-corrected chi connectivity index (χ0v) is 12.5.